The van der Waals surface area contributed by atoms with Crippen LogP contribution in [0.1, 0.15) is 23.6 Å². The molecule has 0 unspecified atom stereocenters. The normalized spacial score (nSPS) is 13.5. The Hall–Kier alpha value is -1.63. The van der Waals surface area contributed by atoms with Crippen molar-refractivity contribution in [1.82, 2.24) is 0 Å². The SMILES string of the molecule is NC(=O)C[C@H](N)c1ccc(F)cc1C(F)(F)F. The molecule has 0 fully saturated rings. The van der Waals surface area contributed by atoms with E-state index in [4.69, 9.17) is 11.5 Å². The first-order valence-corrected chi connectivity index (χ1v) is 4.62. The Morgan fingerprint density at radius 2 is 1.94 bits per heavy atom. The molecule has 3 nitrogen and oxygen atoms in total. The molecule has 1 aromatic carbocycles. The first kappa shape index (κ1) is 13.4. The molecule has 94 valence electrons. The summed E-state index contributed by atoms with van der Waals surface area (Å²) in [6.07, 6.45) is -5.17. The smallest absolute Gasteiger partial charge is 0.370 e. The third kappa shape index (κ3) is 3.42. The first-order valence-electron chi connectivity index (χ1n) is 4.62. The maximum absolute atomic E-state index is 12.8. The molecule has 0 aliphatic heterocycles. The molecule has 0 spiro atoms. The Kier molecular flexibility index (Phi) is 3.72. The molecule has 0 saturated heterocycles. The number of hydrogen-bond acceptors (Lipinski definition) is 2. The van der Waals surface area contributed by atoms with Gasteiger partial charge < -0.3 is 11.5 Å². The largest absolute Gasteiger partial charge is 0.416 e. The maximum Gasteiger partial charge on any atom is 0.416 e. The predicted octanol–water partition coefficient (Wildman–Crippen LogP) is 1.72. The number of amides is 1. The average Bonchev–Trinajstić information content (AvgIpc) is 2.14. The predicted molar refractivity (Wildman–Crippen MR) is 52.1 cm³/mol. The zero-order chi connectivity index (χ0) is 13.2. The highest BCUT2D eigenvalue weighted by molar-refractivity contribution is 5.74. The summed E-state index contributed by atoms with van der Waals surface area (Å²) in [5.41, 5.74) is 8.73. The highest BCUT2D eigenvalue weighted by atomic mass is 19.4. The molecule has 0 heterocycles. The van der Waals surface area contributed by atoms with Gasteiger partial charge in [0.15, 0.2) is 0 Å². The van der Waals surface area contributed by atoms with Crippen molar-refractivity contribution in [1.29, 1.82) is 0 Å². The Balaban J connectivity index is 3.19. The van der Waals surface area contributed by atoms with Crippen LogP contribution in [0.5, 0.6) is 0 Å². The molecule has 1 aromatic rings. The van der Waals surface area contributed by atoms with E-state index >= 15 is 0 Å². The minimum absolute atomic E-state index is 0.343. The number of rotatable bonds is 3. The van der Waals surface area contributed by atoms with Crippen molar-refractivity contribution >= 4 is 5.91 Å². The van der Waals surface area contributed by atoms with Gasteiger partial charge in [0.1, 0.15) is 5.82 Å². The Labute approximate surface area is 94.4 Å². The number of primary amides is 1. The Morgan fingerprint density at radius 1 is 1.35 bits per heavy atom. The van der Waals surface area contributed by atoms with Crippen LogP contribution in [0.15, 0.2) is 18.2 Å². The van der Waals surface area contributed by atoms with Crippen LogP contribution >= 0.6 is 0 Å². The van der Waals surface area contributed by atoms with Gasteiger partial charge in [0, 0.05) is 12.5 Å². The monoisotopic (exact) mass is 250 g/mol. The molecule has 1 amide bonds. The van der Waals surface area contributed by atoms with E-state index in [1.165, 1.54) is 0 Å². The third-order valence-electron chi connectivity index (χ3n) is 2.14. The quantitative estimate of drug-likeness (QED) is 0.802. The molecule has 0 radical (unpaired) electrons. The summed E-state index contributed by atoms with van der Waals surface area (Å²) in [4.78, 5) is 10.6. The molecule has 1 rings (SSSR count). The van der Waals surface area contributed by atoms with Gasteiger partial charge in [0.25, 0.3) is 0 Å². The lowest BCUT2D eigenvalue weighted by Crippen LogP contribution is -2.23. The summed E-state index contributed by atoms with van der Waals surface area (Å²) in [6, 6.07) is 0.901. The highest BCUT2D eigenvalue weighted by Gasteiger charge is 2.35. The number of hydrogen-bond donors (Lipinski definition) is 2. The summed E-state index contributed by atoms with van der Waals surface area (Å²) < 4.78 is 50.5. The van der Waals surface area contributed by atoms with E-state index in [1.54, 1.807) is 0 Å². The van der Waals surface area contributed by atoms with Crippen molar-refractivity contribution in [3.63, 3.8) is 0 Å². The number of benzene rings is 1. The van der Waals surface area contributed by atoms with Crippen molar-refractivity contribution in [2.75, 3.05) is 0 Å². The lowest BCUT2D eigenvalue weighted by molar-refractivity contribution is -0.138. The Bertz CT molecular complexity index is 431. The fourth-order valence-electron chi connectivity index (χ4n) is 1.42. The number of carbonyl (C=O) groups excluding carboxylic acids is 1. The lowest BCUT2D eigenvalue weighted by atomic mass is 9.98. The van der Waals surface area contributed by atoms with Gasteiger partial charge in [-0.15, -0.1) is 0 Å². The molecule has 0 saturated carbocycles. The zero-order valence-electron chi connectivity index (χ0n) is 8.59. The summed E-state index contributed by atoms with van der Waals surface area (Å²) in [7, 11) is 0. The van der Waals surface area contributed by atoms with Crippen LogP contribution in [-0.4, -0.2) is 5.91 Å². The van der Waals surface area contributed by atoms with Crippen LogP contribution in [0, 0.1) is 5.82 Å². The van der Waals surface area contributed by atoms with E-state index < -0.39 is 35.9 Å². The number of halogens is 4. The van der Waals surface area contributed by atoms with Gasteiger partial charge in [-0.25, -0.2) is 4.39 Å². The van der Waals surface area contributed by atoms with Crippen molar-refractivity contribution in [2.45, 2.75) is 18.6 Å². The number of alkyl halides is 3. The van der Waals surface area contributed by atoms with Crippen molar-refractivity contribution in [3.8, 4) is 0 Å². The molecule has 0 aliphatic carbocycles. The fourth-order valence-corrected chi connectivity index (χ4v) is 1.42. The van der Waals surface area contributed by atoms with E-state index in [0.717, 1.165) is 12.1 Å². The summed E-state index contributed by atoms with van der Waals surface area (Å²) in [6.45, 7) is 0. The van der Waals surface area contributed by atoms with Crippen LogP contribution in [-0.2, 0) is 11.0 Å². The highest BCUT2D eigenvalue weighted by Crippen LogP contribution is 2.35. The van der Waals surface area contributed by atoms with Gasteiger partial charge in [-0.3, -0.25) is 4.79 Å². The molecule has 0 aromatic heterocycles. The summed E-state index contributed by atoms with van der Waals surface area (Å²) >= 11 is 0. The van der Waals surface area contributed by atoms with Crippen LogP contribution < -0.4 is 11.5 Å². The molecular formula is C10H10F4N2O. The second-order valence-electron chi connectivity index (χ2n) is 3.51. The van der Waals surface area contributed by atoms with Gasteiger partial charge >= 0.3 is 6.18 Å². The Morgan fingerprint density at radius 3 is 2.41 bits per heavy atom. The topological polar surface area (TPSA) is 69.1 Å². The number of nitrogens with two attached hydrogens (primary N) is 2. The molecular weight excluding hydrogens is 240 g/mol. The van der Waals surface area contributed by atoms with Crippen LogP contribution in [0.4, 0.5) is 17.6 Å². The van der Waals surface area contributed by atoms with Gasteiger partial charge in [0.05, 0.1) is 5.56 Å². The molecule has 0 bridgehead atoms. The van der Waals surface area contributed by atoms with Gasteiger partial charge in [-0.2, -0.15) is 13.2 Å². The first-order chi connectivity index (χ1) is 7.71. The average molecular weight is 250 g/mol. The van der Waals surface area contributed by atoms with Gasteiger partial charge in [-0.1, -0.05) is 6.07 Å². The van der Waals surface area contributed by atoms with Crippen LogP contribution in [0.25, 0.3) is 0 Å². The summed E-state index contributed by atoms with van der Waals surface area (Å²) in [5.74, 6) is -1.85. The fraction of sp³-hybridized carbons (Fsp3) is 0.300. The van der Waals surface area contributed by atoms with Crippen molar-refractivity contribution in [3.05, 3.63) is 35.1 Å². The van der Waals surface area contributed by atoms with E-state index in [9.17, 15) is 22.4 Å². The second kappa shape index (κ2) is 4.70. The van der Waals surface area contributed by atoms with Crippen LogP contribution in [0.2, 0.25) is 0 Å². The maximum atomic E-state index is 12.8. The van der Waals surface area contributed by atoms with E-state index in [2.05, 4.69) is 0 Å². The second-order valence-corrected chi connectivity index (χ2v) is 3.51. The molecule has 0 aliphatic rings. The lowest BCUT2D eigenvalue weighted by Gasteiger charge is -2.17. The molecule has 7 heteroatoms. The molecule has 1 atom stereocenters. The minimum atomic E-state index is -4.73. The summed E-state index contributed by atoms with van der Waals surface area (Å²) in [5, 5.41) is 0. The van der Waals surface area contributed by atoms with E-state index in [-0.39, 0.29) is 5.56 Å². The van der Waals surface area contributed by atoms with Crippen molar-refractivity contribution in [2.24, 2.45) is 11.5 Å². The van der Waals surface area contributed by atoms with Gasteiger partial charge in [0.2, 0.25) is 5.91 Å². The standard InChI is InChI=1S/C10H10F4N2O/c11-5-1-2-6(8(15)4-9(16)17)7(3-5)10(12,13)14/h1-3,8H,4,15H2,(H2,16,17)/t8-/m0/s1. The third-order valence-corrected chi connectivity index (χ3v) is 2.14. The zero-order valence-corrected chi connectivity index (χ0v) is 8.59. The van der Waals surface area contributed by atoms with Crippen LogP contribution in [0.3, 0.4) is 0 Å². The number of carbonyl (C=O) groups is 1. The molecule has 17 heavy (non-hydrogen) atoms. The minimum Gasteiger partial charge on any atom is -0.370 e. The van der Waals surface area contributed by atoms with Gasteiger partial charge in [-0.05, 0) is 17.7 Å². The van der Waals surface area contributed by atoms with Crippen molar-refractivity contribution < 1.29 is 22.4 Å². The molecule has 4 N–H and O–H groups in total. The van der Waals surface area contributed by atoms with E-state index in [1.807, 2.05) is 0 Å². The van der Waals surface area contributed by atoms with E-state index in [0.29, 0.717) is 6.07 Å².